The van der Waals surface area contributed by atoms with Gasteiger partial charge < -0.3 is 5.32 Å². The molecule has 0 saturated heterocycles. The highest BCUT2D eigenvalue weighted by Gasteiger charge is 2.20. The highest BCUT2D eigenvalue weighted by atomic mass is 35.5. The largest absolute Gasteiger partial charge is 0.309 e. The Morgan fingerprint density at radius 2 is 2.12 bits per heavy atom. The average molecular weight is 264 g/mol. The van der Waals surface area contributed by atoms with Gasteiger partial charge in [0.15, 0.2) is 0 Å². The molecule has 1 aliphatic rings. The summed E-state index contributed by atoms with van der Waals surface area (Å²) in [6.45, 7) is 0.996. The first-order valence-electron chi connectivity index (χ1n) is 5.89. The number of nitrogens with one attached hydrogen (secondary N) is 1. The van der Waals surface area contributed by atoms with Crippen LogP contribution in [0.4, 0.5) is 0 Å². The third-order valence-corrected chi connectivity index (χ3v) is 4.28. The Hall–Kier alpha value is -0.830. The van der Waals surface area contributed by atoms with Crippen molar-refractivity contribution >= 4 is 22.9 Å². The zero-order chi connectivity index (χ0) is 11.7. The second-order valence-corrected chi connectivity index (χ2v) is 6.04. The van der Waals surface area contributed by atoms with Crippen molar-refractivity contribution in [2.75, 3.05) is 0 Å². The van der Waals surface area contributed by atoms with E-state index >= 15 is 0 Å². The van der Waals surface area contributed by atoms with E-state index in [1.165, 1.54) is 28.2 Å². The van der Waals surface area contributed by atoms with Crippen LogP contribution in [-0.4, -0.2) is 6.04 Å². The fourth-order valence-electron chi connectivity index (χ4n) is 1.80. The van der Waals surface area contributed by atoms with Gasteiger partial charge in [-0.2, -0.15) is 0 Å². The minimum Gasteiger partial charge on any atom is -0.309 e. The number of rotatable bonds is 4. The molecule has 1 heterocycles. The van der Waals surface area contributed by atoms with Crippen molar-refractivity contribution in [1.82, 2.24) is 5.32 Å². The highest BCUT2D eigenvalue weighted by molar-refractivity contribution is 7.15. The molecule has 1 aromatic carbocycles. The van der Waals surface area contributed by atoms with E-state index in [0.29, 0.717) is 0 Å². The standard InChI is InChI=1S/C14H14ClNS/c15-11-3-1-2-10(8-11)14-7-6-13(17-14)9-16-12-4-5-12/h1-3,6-8,12,16H,4-5,9H2. The number of thiophene rings is 1. The SMILES string of the molecule is Clc1cccc(-c2ccc(CNC3CC3)s2)c1. The van der Waals surface area contributed by atoms with Crippen molar-refractivity contribution in [3.63, 3.8) is 0 Å². The van der Waals surface area contributed by atoms with Gasteiger partial charge in [0.1, 0.15) is 0 Å². The molecule has 3 rings (SSSR count). The molecule has 3 heteroatoms. The van der Waals surface area contributed by atoms with Gasteiger partial charge in [0.25, 0.3) is 0 Å². The van der Waals surface area contributed by atoms with Crippen LogP contribution >= 0.6 is 22.9 Å². The third-order valence-electron chi connectivity index (χ3n) is 2.91. The van der Waals surface area contributed by atoms with Gasteiger partial charge in [-0.1, -0.05) is 23.7 Å². The third kappa shape index (κ3) is 2.89. The molecule has 0 unspecified atom stereocenters. The molecular weight excluding hydrogens is 250 g/mol. The molecule has 0 radical (unpaired) electrons. The summed E-state index contributed by atoms with van der Waals surface area (Å²) in [6.07, 6.45) is 2.68. The molecule has 88 valence electrons. The summed E-state index contributed by atoms with van der Waals surface area (Å²) in [4.78, 5) is 2.69. The van der Waals surface area contributed by atoms with Crippen LogP contribution < -0.4 is 5.32 Å². The predicted molar refractivity (Wildman–Crippen MR) is 74.6 cm³/mol. The zero-order valence-electron chi connectivity index (χ0n) is 9.45. The maximum Gasteiger partial charge on any atom is 0.0412 e. The number of halogens is 1. The van der Waals surface area contributed by atoms with E-state index in [1.807, 2.05) is 29.5 Å². The van der Waals surface area contributed by atoms with Crippen LogP contribution in [0.3, 0.4) is 0 Å². The molecule has 1 N–H and O–H groups in total. The number of hydrogen-bond donors (Lipinski definition) is 1. The summed E-state index contributed by atoms with van der Waals surface area (Å²) in [6, 6.07) is 13.2. The summed E-state index contributed by atoms with van der Waals surface area (Å²) in [5.74, 6) is 0. The van der Waals surface area contributed by atoms with Gasteiger partial charge in [-0.05, 0) is 42.7 Å². The van der Waals surface area contributed by atoms with Crippen molar-refractivity contribution in [3.05, 3.63) is 46.3 Å². The van der Waals surface area contributed by atoms with Gasteiger partial charge in [-0.15, -0.1) is 11.3 Å². The van der Waals surface area contributed by atoms with E-state index in [1.54, 1.807) is 0 Å². The van der Waals surface area contributed by atoms with Crippen molar-refractivity contribution in [3.8, 4) is 10.4 Å². The van der Waals surface area contributed by atoms with Crippen molar-refractivity contribution in [2.45, 2.75) is 25.4 Å². The molecule has 1 aliphatic carbocycles. The first-order chi connectivity index (χ1) is 8.31. The van der Waals surface area contributed by atoms with Gasteiger partial charge >= 0.3 is 0 Å². The Morgan fingerprint density at radius 1 is 1.24 bits per heavy atom. The lowest BCUT2D eigenvalue weighted by molar-refractivity contribution is 0.695. The maximum absolute atomic E-state index is 6.00. The molecule has 2 aromatic rings. The molecule has 17 heavy (non-hydrogen) atoms. The monoisotopic (exact) mass is 263 g/mol. The summed E-state index contributed by atoms with van der Waals surface area (Å²) in [5, 5.41) is 4.33. The normalized spacial score (nSPS) is 15.1. The topological polar surface area (TPSA) is 12.0 Å². The van der Waals surface area contributed by atoms with Gasteiger partial charge in [0.05, 0.1) is 0 Å². The van der Waals surface area contributed by atoms with Gasteiger partial charge in [-0.25, -0.2) is 0 Å². The second kappa shape index (κ2) is 4.81. The molecule has 1 aromatic heterocycles. The van der Waals surface area contributed by atoms with E-state index in [-0.39, 0.29) is 0 Å². The molecular formula is C14H14ClNS. The molecule has 0 bridgehead atoms. The van der Waals surface area contributed by atoms with E-state index in [9.17, 15) is 0 Å². The molecule has 0 amide bonds. The van der Waals surface area contributed by atoms with Crippen LogP contribution in [0.5, 0.6) is 0 Å². The fraction of sp³-hybridized carbons (Fsp3) is 0.286. The Morgan fingerprint density at radius 3 is 2.88 bits per heavy atom. The van der Waals surface area contributed by atoms with E-state index in [4.69, 9.17) is 11.6 Å². The van der Waals surface area contributed by atoms with Crippen molar-refractivity contribution in [1.29, 1.82) is 0 Å². The van der Waals surface area contributed by atoms with E-state index < -0.39 is 0 Å². The lowest BCUT2D eigenvalue weighted by Gasteiger charge is -1.99. The van der Waals surface area contributed by atoms with Crippen LogP contribution in [0.1, 0.15) is 17.7 Å². The fourth-order valence-corrected chi connectivity index (χ4v) is 2.95. The zero-order valence-corrected chi connectivity index (χ0v) is 11.0. The number of hydrogen-bond acceptors (Lipinski definition) is 2. The van der Waals surface area contributed by atoms with Crippen LogP contribution in [0.25, 0.3) is 10.4 Å². The minimum absolute atomic E-state index is 0.770. The predicted octanol–water partition coefficient (Wildman–Crippen LogP) is 4.32. The Bertz CT molecular complexity index is 516. The molecule has 0 spiro atoms. The van der Waals surface area contributed by atoms with E-state index in [0.717, 1.165) is 17.6 Å². The molecule has 1 nitrogen and oxygen atoms in total. The van der Waals surface area contributed by atoms with Crippen molar-refractivity contribution in [2.24, 2.45) is 0 Å². The summed E-state index contributed by atoms with van der Waals surface area (Å²) < 4.78 is 0. The lowest BCUT2D eigenvalue weighted by atomic mass is 10.2. The van der Waals surface area contributed by atoms with Gasteiger partial charge in [0.2, 0.25) is 0 Å². The molecule has 1 fully saturated rings. The quantitative estimate of drug-likeness (QED) is 0.866. The Balaban J connectivity index is 1.74. The summed E-state index contributed by atoms with van der Waals surface area (Å²) in [7, 11) is 0. The van der Waals surface area contributed by atoms with Gasteiger partial charge in [-0.3, -0.25) is 0 Å². The molecule has 1 saturated carbocycles. The molecule has 0 atom stereocenters. The first-order valence-corrected chi connectivity index (χ1v) is 7.09. The van der Waals surface area contributed by atoms with Gasteiger partial charge in [0, 0.05) is 27.4 Å². The van der Waals surface area contributed by atoms with E-state index in [2.05, 4.69) is 23.5 Å². The van der Waals surface area contributed by atoms with Crippen LogP contribution in [0.15, 0.2) is 36.4 Å². The lowest BCUT2D eigenvalue weighted by Crippen LogP contribution is -2.14. The van der Waals surface area contributed by atoms with Crippen molar-refractivity contribution < 1.29 is 0 Å². The number of benzene rings is 1. The average Bonchev–Trinajstić information content (AvgIpc) is 3.04. The Labute approximate surface area is 110 Å². The molecule has 0 aliphatic heterocycles. The minimum atomic E-state index is 0.770. The van der Waals surface area contributed by atoms with Crippen LogP contribution in [-0.2, 0) is 6.54 Å². The van der Waals surface area contributed by atoms with Crippen LogP contribution in [0, 0.1) is 0 Å². The second-order valence-electron chi connectivity index (χ2n) is 4.43. The highest BCUT2D eigenvalue weighted by Crippen LogP contribution is 2.30. The van der Waals surface area contributed by atoms with Crippen LogP contribution in [0.2, 0.25) is 5.02 Å². The smallest absolute Gasteiger partial charge is 0.0412 e. The first kappa shape index (κ1) is 11.3. The Kier molecular flexibility index (Phi) is 3.19. The summed E-state index contributed by atoms with van der Waals surface area (Å²) in [5.41, 5.74) is 1.21. The summed E-state index contributed by atoms with van der Waals surface area (Å²) >= 11 is 7.85. The maximum atomic E-state index is 6.00.